The van der Waals surface area contributed by atoms with Crippen molar-refractivity contribution in [1.29, 1.82) is 0 Å². The predicted octanol–water partition coefficient (Wildman–Crippen LogP) is 1.70. The Morgan fingerprint density at radius 1 is 1.58 bits per heavy atom. The first-order chi connectivity index (χ1) is 5.58. The van der Waals surface area contributed by atoms with Gasteiger partial charge in [-0.3, -0.25) is 0 Å². The van der Waals surface area contributed by atoms with E-state index in [-0.39, 0.29) is 0 Å². The fourth-order valence-corrected chi connectivity index (χ4v) is 2.07. The molecule has 4 nitrogen and oxygen atoms in total. The summed E-state index contributed by atoms with van der Waals surface area (Å²) in [6.07, 6.45) is 2.32. The van der Waals surface area contributed by atoms with Crippen LogP contribution in [-0.4, -0.2) is 20.2 Å². The van der Waals surface area contributed by atoms with Gasteiger partial charge < -0.3 is 0 Å². The van der Waals surface area contributed by atoms with E-state index in [9.17, 15) is 0 Å². The predicted molar refractivity (Wildman–Crippen MR) is 47.3 cm³/mol. The zero-order valence-corrected chi connectivity index (χ0v) is 8.06. The van der Waals surface area contributed by atoms with Crippen LogP contribution in [0.5, 0.6) is 0 Å². The molecule has 5 heteroatoms. The molecule has 0 spiro atoms. The molecule has 2 rings (SSSR count). The second-order valence-electron chi connectivity index (χ2n) is 4.18. The zero-order chi connectivity index (χ0) is 8.77. The van der Waals surface area contributed by atoms with Gasteiger partial charge in [-0.05, 0) is 30.5 Å². The van der Waals surface area contributed by atoms with Gasteiger partial charge in [0, 0.05) is 0 Å². The summed E-state index contributed by atoms with van der Waals surface area (Å²) in [6.45, 7) is 4.52. The number of aromatic nitrogens is 4. The lowest BCUT2D eigenvalue weighted by atomic mass is 9.68. The van der Waals surface area contributed by atoms with Crippen molar-refractivity contribution in [2.75, 3.05) is 0 Å². The summed E-state index contributed by atoms with van der Waals surface area (Å²) in [5, 5.41) is 10.2. The Bertz CT molecular complexity index is 329. The molecule has 1 heterocycles. The topological polar surface area (TPSA) is 46.5 Å². The van der Waals surface area contributed by atoms with Crippen molar-refractivity contribution in [1.82, 2.24) is 20.2 Å². The highest BCUT2D eigenvalue weighted by atomic mass is 32.1. The summed E-state index contributed by atoms with van der Waals surface area (Å²) in [6, 6.07) is 0.488. The smallest absolute Gasteiger partial charge is 0.238 e. The Kier molecular flexibility index (Phi) is 1.57. The van der Waals surface area contributed by atoms with Gasteiger partial charge in [0.2, 0.25) is 4.77 Å². The van der Waals surface area contributed by atoms with Gasteiger partial charge in [-0.1, -0.05) is 24.2 Å². The molecule has 66 valence electrons. The highest BCUT2D eigenvalue weighted by Gasteiger charge is 2.37. The first-order valence-electron chi connectivity index (χ1n) is 4.08. The van der Waals surface area contributed by atoms with Gasteiger partial charge in [0.25, 0.3) is 0 Å². The Morgan fingerprint density at radius 2 is 2.25 bits per heavy atom. The molecule has 0 radical (unpaired) electrons. The Hall–Kier alpha value is -0.710. The van der Waals surface area contributed by atoms with Crippen LogP contribution in [0.15, 0.2) is 0 Å². The molecule has 1 aliphatic carbocycles. The second-order valence-corrected chi connectivity index (χ2v) is 4.54. The van der Waals surface area contributed by atoms with E-state index in [1.807, 2.05) is 4.68 Å². The molecule has 0 aliphatic heterocycles. The maximum atomic E-state index is 4.99. The quantitative estimate of drug-likeness (QED) is 0.676. The molecule has 0 unspecified atom stereocenters. The Labute approximate surface area is 76.0 Å². The largest absolute Gasteiger partial charge is 0.239 e. The molecule has 1 aliphatic rings. The van der Waals surface area contributed by atoms with E-state index in [1.165, 1.54) is 0 Å². The molecule has 0 bridgehead atoms. The van der Waals surface area contributed by atoms with Crippen LogP contribution < -0.4 is 0 Å². The normalized spacial score (nSPS) is 22.2. The molecule has 1 saturated carbocycles. The van der Waals surface area contributed by atoms with Crippen molar-refractivity contribution in [2.24, 2.45) is 5.41 Å². The third-order valence-corrected chi connectivity index (χ3v) is 2.71. The summed E-state index contributed by atoms with van der Waals surface area (Å²) >= 11 is 4.99. The van der Waals surface area contributed by atoms with Gasteiger partial charge in [0.15, 0.2) is 0 Å². The van der Waals surface area contributed by atoms with Gasteiger partial charge in [-0.15, -0.1) is 0 Å². The summed E-state index contributed by atoms with van der Waals surface area (Å²) in [4.78, 5) is 0. The van der Waals surface area contributed by atoms with Crippen LogP contribution in [0.4, 0.5) is 0 Å². The van der Waals surface area contributed by atoms with Crippen LogP contribution in [0, 0.1) is 10.2 Å². The Balaban J connectivity index is 2.16. The van der Waals surface area contributed by atoms with Crippen LogP contribution in [0.1, 0.15) is 32.7 Å². The van der Waals surface area contributed by atoms with Gasteiger partial charge >= 0.3 is 0 Å². The second kappa shape index (κ2) is 2.39. The molecular weight excluding hydrogens is 172 g/mol. The third kappa shape index (κ3) is 1.18. The molecule has 0 atom stereocenters. The van der Waals surface area contributed by atoms with Crippen LogP contribution >= 0.6 is 12.2 Å². The van der Waals surface area contributed by atoms with Crippen LogP contribution in [0.3, 0.4) is 0 Å². The highest BCUT2D eigenvalue weighted by Crippen LogP contribution is 2.47. The Morgan fingerprint density at radius 3 is 2.67 bits per heavy atom. The lowest BCUT2D eigenvalue weighted by Crippen LogP contribution is -2.34. The fourth-order valence-electron chi connectivity index (χ4n) is 1.84. The highest BCUT2D eigenvalue weighted by molar-refractivity contribution is 7.71. The third-order valence-electron chi connectivity index (χ3n) is 2.44. The standard InChI is InChI=1S/C7H12N4S/c1-7(2)3-5(4-7)11-6(12)8-9-10-11/h5H,3-4H2,1-2H3,(H,8,10,12). The van der Waals surface area contributed by atoms with Gasteiger partial charge in [-0.2, -0.15) is 5.21 Å². The SMILES string of the molecule is CC1(C)CC(n2[nH]nnc2=S)C1. The number of rotatable bonds is 1. The van der Waals surface area contributed by atoms with Crippen LogP contribution in [-0.2, 0) is 0 Å². The number of hydrogen-bond acceptors (Lipinski definition) is 3. The summed E-state index contributed by atoms with van der Waals surface area (Å²) in [5.74, 6) is 0. The molecule has 0 saturated heterocycles. The van der Waals surface area contributed by atoms with Crippen molar-refractivity contribution in [3.8, 4) is 0 Å². The minimum absolute atomic E-state index is 0.463. The van der Waals surface area contributed by atoms with Crippen LogP contribution in [0.2, 0.25) is 0 Å². The van der Waals surface area contributed by atoms with Gasteiger partial charge in [0.05, 0.1) is 6.04 Å². The van der Waals surface area contributed by atoms with E-state index in [1.54, 1.807) is 0 Å². The number of tetrazole rings is 1. The molecule has 1 aromatic heterocycles. The molecule has 12 heavy (non-hydrogen) atoms. The number of nitrogens with one attached hydrogen (secondary N) is 1. The number of aromatic amines is 1. The average Bonchev–Trinajstić information content (AvgIpc) is 2.30. The molecule has 1 aromatic rings. The van der Waals surface area contributed by atoms with Crippen molar-refractivity contribution in [3.63, 3.8) is 0 Å². The molecular formula is C7H12N4S. The summed E-state index contributed by atoms with van der Waals surface area (Å²) in [5.41, 5.74) is 0.463. The van der Waals surface area contributed by atoms with Crippen molar-refractivity contribution in [3.05, 3.63) is 4.77 Å². The maximum Gasteiger partial charge on any atom is 0.238 e. The monoisotopic (exact) mass is 184 g/mol. The van der Waals surface area contributed by atoms with E-state index in [0.29, 0.717) is 16.2 Å². The minimum atomic E-state index is 0.463. The lowest BCUT2D eigenvalue weighted by molar-refractivity contribution is 0.0922. The molecule has 0 aromatic carbocycles. The van der Waals surface area contributed by atoms with E-state index in [2.05, 4.69) is 29.4 Å². The zero-order valence-electron chi connectivity index (χ0n) is 7.24. The van der Waals surface area contributed by atoms with Crippen LogP contribution in [0.25, 0.3) is 0 Å². The van der Waals surface area contributed by atoms with Crippen molar-refractivity contribution < 1.29 is 0 Å². The first kappa shape index (κ1) is 7.91. The fraction of sp³-hybridized carbons (Fsp3) is 0.857. The maximum absolute atomic E-state index is 4.99. The van der Waals surface area contributed by atoms with Gasteiger partial charge in [-0.25, -0.2) is 4.68 Å². The van der Waals surface area contributed by atoms with Crippen molar-refractivity contribution in [2.45, 2.75) is 32.7 Å². The average molecular weight is 184 g/mol. The number of hydrogen-bond donors (Lipinski definition) is 1. The van der Waals surface area contributed by atoms with E-state index in [4.69, 9.17) is 12.2 Å². The number of H-pyrrole nitrogens is 1. The summed E-state index contributed by atoms with van der Waals surface area (Å²) < 4.78 is 2.44. The molecule has 1 fully saturated rings. The first-order valence-corrected chi connectivity index (χ1v) is 4.49. The molecule has 1 N–H and O–H groups in total. The van der Waals surface area contributed by atoms with Crippen molar-refractivity contribution >= 4 is 12.2 Å². The summed E-state index contributed by atoms with van der Waals surface area (Å²) in [7, 11) is 0. The number of nitrogens with zero attached hydrogens (tertiary/aromatic N) is 3. The van der Waals surface area contributed by atoms with Gasteiger partial charge in [0.1, 0.15) is 0 Å². The minimum Gasteiger partial charge on any atom is -0.239 e. The lowest BCUT2D eigenvalue weighted by Gasteiger charge is -2.42. The van der Waals surface area contributed by atoms with E-state index >= 15 is 0 Å². The van der Waals surface area contributed by atoms with E-state index in [0.717, 1.165) is 12.8 Å². The molecule has 0 amide bonds. The van der Waals surface area contributed by atoms with E-state index < -0.39 is 0 Å².